The molecule has 5 rings (SSSR count). The van der Waals surface area contributed by atoms with Gasteiger partial charge in [-0.05, 0) is 54.7 Å². The van der Waals surface area contributed by atoms with Gasteiger partial charge in [0.2, 0.25) is 5.88 Å². The molecule has 1 aliphatic carbocycles. The third-order valence-electron chi connectivity index (χ3n) is 7.93. The highest BCUT2D eigenvalue weighted by molar-refractivity contribution is 6.33. The van der Waals surface area contributed by atoms with Crippen molar-refractivity contribution in [1.82, 2.24) is 4.98 Å². The van der Waals surface area contributed by atoms with Gasteiger partial charge in [0.05, 0.1) is 37.0 Å². The van der Waals surface area contributed by atoms with Crippen LogP contribution in [-0.4, -0.2) is 43.9 Å². The molecule has 3 aliphatic rings. The van der Waals surface area contributed by atoms with Crippen LogP contribution in [0.1, 0.15) is 56.1 Å². The highest BCUT2D eigenvalue weighted by atomic mass is 35.5. The lowest BCUT2D eigenvalue weighted by Crippen LogP contribution is -2.50. The molecule has 34 heavy (non-hydrogen) atoms. The molecule has 1 aromatic heterocycles. The third kappa shape index (κ3) is 4.45. The van der Waals surface area contributed by atoms with E-state index in [-0.39, 0.29) is 23.4 Å². The van der Waals surface area contributed by atoms with E-state index >= 15 is 0 Å². The fourth-order valence-corrected chi connectivity index (χ4v) is 5.98. The van der Waals surface area contributed by atoms with E-state index in [4.69, 9.17) is 25.8 Å². The fraction of sp³-hybridized carbons (Fsp3) is 0.556. The SMILES string of the molecule is COC(=O)[C@H](C)[C@H](c1ccc2c(c1)OC1(CC2)CCN(c2cc(OC)ncc2Cl)CC1)C1CC1. The lowest BCUT2D eigenvalue weighted by molar-refractivity contribution is -0.145. The van der Waals surface area contributed by atoms with Gasteiger partial charge in [0.25, 0.3) is 0 Å². The minimum atomic E-state index is -0.158. The number of hydrogen-bond acceptors (Lipinski definition) is 6. The molecule has 182 valence electrons. The van der Waals surface area contributed by atoms with Crippen molar-refractivity contribution in [3.63, 3.8) is 0 Å². The molecule has 0 amide bonds. The van der Waals surface area contributed by atoms with Crippen LogP contribution in [-0.2, 0) is 16.0 Å². The van der Waals surface area contributed by atoms with Crippen LogP contribution in [0.2, 0.25) is 5.02 Å². The van der Waals surface area contributed by atoms with Crippen LogP contribution in [0, 0.1) is 11.8 Å². The number of ether oxygens (including phenoxy) is 3. The Labute approximate surface area is 206 Å². The molecule has 2 aliphatic heterocycles. The highest BCUT2D eigenvalue weighted by Gasteiger charge is 2.42. The van der Waals surface area contributed by atoms with Gasteiger partial charge in [-0.2, -0.15) is 0 Å². The second-order valence-electron chi connectivity index (χ2n) is 9.99. The van der Waals surface area contributed by atoms with Crippen molar-refractivity contribution in [1.29, 1.82) is 0 Å². The molecule has 2 atom stereocenters. The van der Waals surface area contributed by atoms with Crippen LogP contribution in [0.3, 0.4) is 0 Å². The maximum Gasteiger partial charge on any atom is 0.309 e. The summed E-state index contributed by atoms with van der Waals surface area (Å²) in [6, 6.07) is 8.51. The highest BCUT2D eigenvalue weighted by Crippen LogP contribution is 2.49. The Morgan fingerprint density at radius 1 is 1.21 bits per heavy atom. The first-order chi connectivity index (χ1) is 16.4. The van der Waals surface area contributed by atoms with E-state index in [1.165, 1.54) is 31.1 Å². The molecule has 1 saturated heterocycles. The largest absolute Gasteiger partial charge is 0.487 e. The first kappa shape index (κ1) is 23.3. The average Bonchev–Trinajstić information content (AvgIpc) is 3.69. The monoisotopic (exact) mass is 484 g/mol. The first-order valence-electron chi connectivity index (χ1n) is 12.3. The number of carbonyl (C=O) groups excluding carboxylic acids is 1. The minimum Gasteiger partial charge on any atom is -0.487 e. The van der Waals surface area contributed by atoms with Crippen molar-refractivity contribution in [3.05, 3.63) is 46.6 Å². The first-order valence-corrected chi connectivity index (χ1v) is 12.6. The number of esters is 1. The van der Waals surface area contributed by atoms with Crippen LogP contribution in [0.5, 0.6) is 11.6 Å². The molecule has 2 fully saturated rings. The van der Waals surface area contributed by atoms with Gasteiger partial charge in [0.15, 0.2) is 0 Å². The normalized spacial score (nSPS) is 20.8. The second-order valence-corrected chi connectivity index (χ2v) is 10.4. The molecule has 6 nitrogen and oxygen atoms in total. The summed E-state index contributed by atoms with van der Waals surface area (Å²) in [6.07, 6.45) is 7.90. The maximum atomic E-state index is 12.3. The Hall–Kier alpha value is -2.47. The molecule has 0 N–H and O–H groups in total. The molecule has 0 unspecified atom stereocenters. The number of fused-ring (bicyclic) bond motifs is 1. The van der Waals surface area contributed by atoms with E-state index < -0.39 is 0 Å². The quantitative estimate of drug-likeness (QED) is 0.511. The lowest BCUT2D eigenvalue weighted by atomic mass is 9.80. The summed E-state index contributed by atoms with van der Waals surface area (Å²) in [6.45, 7) is 3.73. The number of hydrogen-bond donors (Lipinski definition) is 0. The van der Waals surface area contributed by atoms with E-state index in [9.17, 15) is 4.79 Å². The number of nitrogens with zero attached hydrogens (tertiary/aromatic N) is 2. The zero-order valence-electron chi connectivity index (χ0n) is 20.2. The molecule has 0 bridgehead atoms. The molecular weight excluding hydrogens is 452 g/mol. The molecule has 1 aromatic carbocycles. The van der Waals surface area contributed by atoms with Gasteiger partial charge in [-0.15, -0.1) is 0 Å². The average molecular weight is 485 g/mol. The zero-order valence-corrected chi connectivity index (χ0v) is 20.9. The van der Waals surface area contributed by atoms with Crippen molar-refractivity contribution in [3.8, 4) is 11.6 Å². The van der Waals surface area contributed by atoms with Crippen LogP contribution in [0.25, 0.3) is 0 Å². The number of piperidine rings is 1. The Morgan fingerprint density at radius 3 is 2.65 bits per heavy atom. The van der Waals surface area contributed by atoms with Gasteiger partial charge in [-0.3, -0.25) is 4.79 Å². The van der Waals surface area contributed by atoms with Gasteiger partial charge < -0.3 is 19.1 Å². The number of methoxy groups -OCH3 is 2. The maximum absolute atomic E-state index is 12.3. The van der Waals surface area contributed by atoms with E-state index in [0.29, 0.717) is 16.8 Å². The van der Waals surface area contributed by atoms with Crippen molar-refractivity contribution in [2.45, 2.75) is 57.0 Å². The summed E-state index contributed by atoms with van der Waals surface area (Å²) in [5, 5.41) is 0.641. The van der Waals surface area contributed by atoms with E-state index in [0.717, 1.165) is 50.2 Å². The van der Waals surface area contributed by atoms with Gasteiger partial charge in [-0.25, -0.2) is 4.98 Å². The predicted octanol–water partition coefficient (Wildman–Crippen LogP) is 5.41. The van der Waals surface area contributed by atoms with Crippen LogP contribution in [0.15, 0.2) is 30.5 Å². The standard InChI is InChI=1S/C27H33ClN2O4/c1-17(26(31)33-3)25(19-5-6-19)20-7-4-18-8-9-27(34-23(18)14-20)10-12-30(13-11-27)22-15-24(32-2)29-16-21(22)28/h4,7,14-17,19,25H,5-6,8-13H2,1-3H3/t17-,25+/m1/s1. The number of carbonyl (C=O) groups is 1. The fourth-order valence-electron chi connectivity index (χ4n) is 5.75. The number of benzene rings is 1. The van der Waals surface area contributed by atoms with Crippen molar-refractivity contribution in [2.75, 3.05) is 32.2 Å². The smallest absolute Gasteiger partial charge is 0.309 e. The molecule has 1 saturated carbocycles. The van der Waals surface area contributed by atoms with Crippen LogP contribution < -0.4 is 14.4 Å². The third-order valence-corrected chi connectivity index (χ3v) is 8.22. The Balaban J connectivity index is 1.33. The number of aryl methyl sites for hydroxylation is 1. The number of anilines is 1. The van der Waals surface area contributed by atoms with Gasteiger partial charge in [-0.1, -0.05) is 30.7 Å². The number of aromatic nitrogens is 1. The topological polar surface area (TPSA) is 60.9 Å². The number of halogens is 1. The molecular formula is C27H33ClN2O4. The molecule has 3 heterocycles. The van der Waals surface area contributed by atoms with E-state index in [1.807, 2.05) is 13.0 Å². The second kappa shape index (κ2) is 9.29. The van der Waals surface area contributed by atoms with Gasteiger partial charge in [0, 0.05) is 32.0 Å². The summed E-state index contributed by atoms with van der Waals surface area (Å²) in [7, 11) is 3.09. The van der Waals surface area contributed by atoms with Crippen molar-refractivity contribution in [2.24, 2.45) is 11.8 Å². The van der Waals surface area contributed by atoms with E-state index in [1.54, 1.807) is 13.3 Å². The lowest BCUT2D eigenvalue weighted by Gasteiger charge is -2.45. The summed E-state index contributed by atoms with van der Waals surface area (Å²) in [4.78, 5) is 18.8. The molecule has 1 spiro atoms. The zero-order chi connectivity index (χ0) is 23.9. The number of rotatable bonds is 6. The van der Waals surface area contributed by atoms with Crippen molar-refractivity contribution < 1.29 is 19.0 Å². The Morgan fingerprint density at radius 2 is 1.97 bits per heavy atom. The Kier molecular flexibility index (Phi) is 6.36. The van der Waals surface area contributed by atoms with Crippen LogP contribution in [0.4, 0.5) is 5.69 Å². The van der Waals surface area contributed by atoms with Crippen LogP contribution >= 0.6 is 11.6 Å². The molecule has 2 aromatic rings. The summed E-state index contributed by atoms with van der Waals surface area (Å²) < 4.78 is 17.1. The predicted molar refractivity (Wildman–Crippen MR) is 132 cm³/mol. The summed E-state index contributed by atoms with van der Waals surface area (Å²) in [5.74, 6) is 2.01. The molecule has 0 radical (unpaired) electrons. The number of pyridine rings is 1. The van der Waals surface area contributed by atoms with Crippen molar-refractivity contribution >= 4 is 23.3 Å². The van der Waals surface area contributed by atoms with Gasteiger partial charge >= 0.3 is 5.97 Å². The minimum absolute atomic E-state index is 0.134. The Bertz CT molecular complexity index is 1060. The van der Waals surface area contributed by atoms with E-state index in [2.05, 4.69) is 28.1 Å². The summed E-state index contributed by atoms with van der Waals surface area (Å²) >= 11 is 6.44. The van der Waals surface area contributed by atoms with Gasteiger partial charge in [0.1, 0.15) is 11.4 Å². The molecule has 7 heteroatoms. The summed E-state index contributed by atoms with van der Waals surface area (Å²) in [5.41, 5.74) is 3.27.